The van der Waals surface area contributed by atoms with Crippen LogP contribution >= 0.6 is 0 Å². The Kier molecular flexibility index (Phi) is 5.55. The molecule has 0 radical (unpaired) electrons. The van der Waals surface area contributed by atoms with Gasteiger partial charge in [-0.3, -0.25) is 9.59 Å². The molecule has 0 saturated carbocycles. The summed E-state index contributed by atoms with van der Waals surface area (Å²) in [5.74, 6) is -1.59. The van der Waals surface area contributed by atoms with E-state index in [4.69, 9.17) is 5.11 Å². The smallest absolute Gasteiger partial charge is 0.308 e. The summed E-state index contributed by atoms with van der Waals surface area (Å²) in [6.07, 6.45) is 1.36. The normalized spacial score (nSPS) is 11.9. The van der Waals surface area contributed by atoms with Gasteiger partial charge in [-0.05, 0) is 43.5 Å². The SMILES string of the molecule is CCCC(CNC(=O)c1ccc(C)c(C)c1)C(=O)O. The van der Waals surface area contributed by atoms with Gasteiger partial charge in [0.15, 0.2) is 0 Å². The minimum Gasteiger partial charge on any atom is -0.481 e. The Hall–Kier alpha value is -1.84. The third-order valence-electron chi connectivity index (χ3n) is 3.26. The molecular formula is C15H21NO3. The summed E-state index contributed by atoms with van der Waals surface area (Å²) in [4.78, 5) is 22.9. The Morgan fingerprint density at radius 1 is 1.26 bits per heavy atom. The molecule has 19 heavy (non-hydrogen) atoms. The maximum Gasteiger partial charge on any atom is 0.308 e. The molecule has 1 unspecified atom stereocenters. The number of aryl methyl sites for hydroxylation is 2. The molecule has 0 aliphatic carbocycles. The molecule has 1 aromatic rings. The van der Waals surface area contributed by atoms with Gasteiger partial charge in [0.25, 0.3) is 5.91 Å². The number of amides is 1. The number of rotatable bonds is 6. The zero-order chi connectivity index (χ0) is 14.4. The summed E-state index contributed by atoms with van der Waals surface area (Å²) in [7, 11) is 0. The minimum atomic E-state index is -0.859. The van der Waals surface area contributed by atoms with E-state index in [1.807, 2.05) is 32.9 Å². The first kappa shape index (κ1) is 15.2. The minimum absolute atomic E-state index is 0.176. The lowest BCUT2D eigenvalue weighted by atomic mass is 10.0. The highest BCUT2D eigenvalue weighted by atomic mass is 16.4. The summed E-state index contributed by atoms with van der Waals surface area (Å²) in [6, 6.07) is 5.47. The van der Waals surface area contributed by atoms with E-state index < -0.39 is 11.9 Å². The number of benzene rings is 1. The van der Waals surface area contributed by atoms with Crippen molar-refractivity contribution < 1.29 is 14.7 Å². The van der Waals surface area contributed by atoms with Crippen LogP contribution in [0, 0.1) is 19.8 Å². The molecule has 0 heterocycles. The standard InChI is InChI=1S/C15H21NO3/c1-4-5-13(15(18)19)9-16-14(17)12-7-6-10(2)11(3)8-12/h6-8,13H,4-5,9H2,1-3H3,(H,16,17)(H,18,19). The van der Waals surface area contributed by atoms with E-state index >= 15 is 0 Å². The lowest BCUT2D eigenvalue weighted by Gasteiger charge is -2.12. The molecule has 0 aliphatic heterocycles. The fourth-order valence-corrected chi connectivity index (χ4v) is 1.86. The number of hydrogen-bond donors (Lipinski definition) is 2. The molecule has 0 fully saturated rings. The molecular weight excluding hydrogens is 242 g/mol. The molecule has 0 saturated heterocycles. The zero-order valence-electron chi connectivity index (χ0n) is 11.7. The summed E-state index contributed by atoms with van der Waals surface area (Å²) in [6.45, 7) is 6.04. The summed E-state index contributed by atoms with van der Waals surface area (Å²) in [5.41, 5.74) is 2.76. The highest BCUT2D eigenvalue weighted by Gasteiger charge is 2.17. The van der Waals surface area contributed by atoms with Crippen molar-refractivity contribution in [3.8, 4) is 0 Å². The number of carboxylic acids is 1. The van der Waals surface area contributed by atoms with Crippen LogP contribution in [0.15, 0.2) is 18.2 Å². The van der Waals surface area contributed by atoms with Crippen LogP contribution in [0.1, 0.15) is 41.3 Å². The van der Waals surface area contributed by atoms with Gasteiger partial charge in [0, 0.05) is 12.1 Å². The van der Waals surface area contributed by atoms with Crippen LogP contribution in [0.3, 0.4) is 0 Å². The predicted molar refractivity (Wildman–Crippen MR) is 74.3 cm³/mol. The molecule has 104 valence electrons. The van der Waals surface area contributed by atoms with Crippen molar-refractivity contribution in [3.63, 3.8) is 0 Å². The molecule has 1 atom stereocenters. The Bertz CT molecular complexity index is 468. The van der Waals surface area contributed by atoms with Crippen molar-refractivity contribution in [3.05, 3.63) is 34.9 Å². The van der Waals surface area contributed by atoms with Crippen LogP contribution in [-0.4, -0.2) is 23.5 Å². The van der Waals surface area contributed by atoms with Crippen molar-refractivity contribution in [1.29, 1.82) is 0 Å². The average molecular weight is 263 g/mol. The first-order valence-electron chi connectivity index (χ1n) is 6.54. The van der Waals surface area contributed by atoms with Crippen LogP contribution in [0.5, 0.6) is 0 Å². The van der Waals surface area contributed by atoms with Gasteiger partial charge in [0.2, 0.25) is 0 Å². The predicted octanol–water partition coefficient (Wildman–Crippen LogP) is 2.53. The van der Waals surface area contributed by atoms with Gasteiger partial charge in [-0.2, -0.15) is 0 Å². The number of aliphatic carboxylic acids is 1. The maximum atomic E-state index is 11.9. The van der Waals surface area contributed by atoms with Gasteiger partial charge >= 0.3 is 5.97 Å². The number of carboxylic acid groups (broad SMARTS) is 1. The summed E-state index contributed by atoms with van der Waals surface area (Å²) < 4.78 is 0. The van der Waals surface area contributed by atoms with Gasteiger partial charge in [-0.25, -0.2) is 0 Å². The molecule has 2 N–H and O–H groups in total. The third kappa shape index (κ3) is 4.39. The molecule has 1 rings (SSSR count). The lowest BCUT2D eigenvalue weighted by Crippen LogP contribution is -2.32. The fraction of sp³-hybridized carbons (Fsp3) is 0.467. The largest absolute Gasteiger partial charge is 0.481 e. The molecule has 0 aromatic heterocycles. The molecule has 0 spiro atoms. The second kappa shape index (κ2) is 6.92. The molecule has 1 amide bonds. The van der Waals surface area contributed by atoms with Crippen LogP contribution in [0.25, 0.3) is 0 Å². The van der Waals surface area contributed by atoms with Crippen molar-refractivity contribution >= 4 is 11.9 Å². The Balaban J connectivity index is 2.63. The first-order valence-corrected chi connectivity index (χ1v) is 6.54. The molecule has 0 bridgehead atoms. The molecule has 4 nitrogen and oxygen atoms in total. The average Bonchev–Trinajstić information content (AvgIpc) is 2.37. The van der Waals surface area contributed by atoms with Crippen molar-refractivity contribution in [1.82, 2.24) is 5.32 Å². The first-order chi connectivity index (χ1) is 8.95. The Morgan fingerprint density at radius 3 is 2.47 bits per heavy atom. The topological polar surface area (TPSA) is 66.4 Å². The van der Waals surface area contributed by atoms with E-state index in [1.165, 1.54) is 0 Å². The van der Waals surface area contributed by atoms with Crippen LogP contribution in [0.2, 0.25) is 0 Å². The summed E-state index contributed by atoms with van der Waals surface area (Å²) >= 11 is 0. The molecule has 4 heteroatoms. The third-order valence-corrected chi connectivity index (χ3v) is 3.26. The van der Waals surface area contributed by atoms with Crippen molar-refractivity contribution in [2.45, 2.75) is 33.6 Å². The highest BCUT2D eigenvalue weighted by Crippen LogP contribution is 2.10. The monoisotopic (exact) mass is 263 g/mol. The van der Waals surface area contributed by atoms with E-state index in [-0.39, 0.29) is 12.5 Å². The number of nitrogens with one attached hydrogen (secondary N) is 1. The van der Waals surface area contributed by atoms with Crippen molar-refractivity contribution in [2.75, 3.05) is 6.54 Å². The van der Waals surface area contributed by atoms with Gasteiger partial charge in [0.1, 0.15) is 0 Å². The second-order valence-electron chi connectivity index (χ2n) is 4.83. The molecule has 1 aromatic carbocycles. The maximum absolute atomic E-state index is 11.9. The van der Waals surface area contributed by atoms with E-state index in [2.05, 4.69) is 5.32 Å². The van der Waals surface area contributed by atoms with Crippen LogP contribution in [0.4, 0.5) is 0 Å². The van der Waals surface area contributed by atoms with Crippen LogP contribution < -0.4 is 5.32 Å². The van der Waals surface area contributed by atoms with E-state index in [0.29, 0.717) is 12.0 Å². The lowest BCUT2D eigenvalue weighted by molar-refractivity contribution is -0.141. The summed E-state index contributed by atoms with van der Waals surface area (Å²) in [5, 5.41) is 11.7. The quantitative estimate of drug-likeness (QED) is 0.828. The van der Waals surface area contributed by atoms with Gasteiger partial charge in [0.05, 0.1) is 5.92 Å². The van der Waals surface area contributed by atoms with Crippen molar-refractivity contribution in [2.24, 2.45) is 5.92 Å². The van der Waals surface area contributed by atoms with E-state index in [0.717, 1.165) is 17.5 Å². The van der Waals surface area contributed by atoms with Gasteiger partial charge in [-0.15, -0.1) is 0 Å². The highest BCUT2D eigenvalue weighted by molar-refractivity contribution is 5.94. The molecule has 0 aliphatic rings. The van der Waals surface area contributed by atoms with Gasteiger partial charge < -0.3 is 10.4 Å². The van der Waals surface area contributed by atoms with Gasteiger partial charge in [-0.1, -0.05) is 19.4 Å². The number of carbonyl (C=O) groups is 2. The fourth-order valence-electron chi connectivity index (χ4n) is 1.86. The zero-order valence-corrected chi connectivity index (χ0v) is 11.7. The second-order valence-corrected chi connectivity index (χ2v) is 4.83. The van der Waals surface area contributed by atoms with Crippen LogP contribution in [-0.2, 0) is 4.79 Å². The Labute approximate surface area is 113 Å². The Morgan fingerprint density at radius 2 is 1.95 bits per heavy atom. The number of carbonyl (C=O) groups excluding carboxylic acids is 1. The number of hydrogen-bond acceptors (Lipinski definition) is 2. The van der Waals surface area contributed by atoms with E-state index in [9.17, 15) is 9.59 Å². The van der Waals surface area contributed by atoms with E-state index in [1.54, 1.807) is 6.07 Å².